The van der Waals surface area contributed by atoms with Gasteiger partial charge in [0.2, 0.25) is 0 Å². The lowest BCUT2D eigenvalue weighted by atomic mass is 10.2. The summed E-state index contributed by atoms with van der Waals surface area (Å²) in [6.45, 7) is 0.799. The van der Waals surface area contributed by atoms with E-state index in [-0.39, 0.29) is 6.61 Å². The second kappa shape index (κ2) is 9.96. The van der Waals surface area contributed by atoms with Crippen molar-refractivity contribution in [1.29, 1.82) is 0 Å². The van der Waals surface area contributed by atoms with Gasteiger partial charge in [-0.3, -0.25) is 5.43 Å². The molecule has 0 aliphatic rings. The minimum Gasteiger partial charge on any atom is -0.497 e. The van der Waals surface area contributed by atoms with Gasteiger partial charge in [-0.25, -0.2) is 0 Å². The molecule has 5 nitrogen and oxygen atoms in total. The Labute approximate surface area is 153 Å². The third kappa shape index (κ3) is 6.16. The van der Waals surface area contributed by atoms with Gasteiger partial charge in [-0.05, 0) is 42.0 Å². The highest BCUT2D eigenvalue weighted by Crippen LogP contribution is 2.15. The minimum absolute atomic E-state index is 0.208. The molecule has 0 atom stereocenters. The number of ether oxygens (including phenoxy) is 2. The average Bonchev–Trinajstić information content (AvgIpc) is 2.66. The van der Waals surface area contributed by atoms with Crippen molar-refractivity contribution in [3.63, 3.8) is 0 Å². The summed E-state index contributed by atoms with van der Waals surface area (Å²) >= 11 is 5.20. The second-order valence-electron chi connectivity index (χ2n) is 4.93. The Hall–Kier alpha value is -3.04. The first-order valence-corrected chi connectivity index (χ1v) is 7.99. The Morgan fingerprint density at radius 3 is 2.72 bits per heavy atom. The molecule has 6 heteroatoms. The number of hydrogen-bond donors (Lipinski definition) is 2. The zero-order valence-corrected chi connectivity index (χ0v) is 14.7. The van der Waals surface area contributed by atoms with Gasteiger partial charge in [-0.2, -0.15) is 5.10 Å². The summed E-state index contributed by atoms with van der Waals surface area (Å²) < 4.78 is 10.6. The fourth-order valence-corrected chi connectivity index (χ4v) is 2.09. The van der Waals surface area contributed by atoms with Crippen molar-refractivity contribution < 1.29 is 9.47 Å². The van der Waals surface area contributed by atoms with Crippen LogP contribution in [-0.4, -0.2) is 25.0 Å². The Kier molecular flexibility index (Phi) is 7.29. The molecule has 25 heavy (non-hydrogen) atoms. The van der Waals surface area contributed by atoms with Crippen LogP contribution in [0.4, 0.5) is 0 Å². The SMILES string of the molecule is C#CCOc1ccccc1/C=N\NC(=S)NCc1ccc(OC)cc1. The molecule has 2 aromatic carbocycles. The molecule has 2 aromatic rings. The van der Waals surface area contributed by atoms with Crippen molar-refractivity contribution in [1.82, 2.24) is 10.7 Å². The van der Waals surface area contributed by atoms with E-state index in [0.717, 1.165) is 16.9 Å². The van der Waals surface area contributed by atoms with Gasteiger partial charge in [-0.1, -0.05) is 30.2 Å². The largest absolute Gasteiger partial charge is 0.497 e. The zero-order chi connectivity index (χ0) is 17.9. The predicted molar refractivity (Wildman–Crippen MR) is 104 cm³/mol. The number of benzene rings is 2. The van der Waals surface area contributed by atoms with Gasteiger partial charge in [0.15, 0.2) is 5.11 Å². The van der Waals surface area contributed by atoms with Crippen LogP contribution >= 0.6 is 12.2 Å². The topological polar surface area (TPSA) is 54.9 Å². The van der Waals surface area contributed by atoms with Crippen LogP contribution in [0.15, 0.2) is 53.6 Å². The molecule has 0 bridgehead atoms. The molecular formula is C19H19N3O2S. The maximum Gasteiger partial charge on any atom is 0.187 e. The molecule has 0 saturated carbocycles. The van der Waals surface area contributed by atoms with Gasteiger partial charge in [0.25, 0.3) is 0 Å². The first-order valence-electron chi connectivity index (χ1n) is 7.58. The number of hydrogen-bond acceptors (Lipinski definition) is 4. The normalized spacial score (nSPS) is 10.1. The van der Waals surface area contributed by atoms with Crippen molar-refractivity contribution in [3.8, 4) is 23.8 Å². The quantitative estimate of drug-likeness (QED) is 0.347. The van der Waals surface area contributed by atoms with Crippen molar-refractivity contribution in [2.75, 3.05) is 13.7 Å². The molecule has 2 rings (SSSR count). The van der Waals surface area contributed by atoms with Crippen molar-refractivity contribution >= 4 is 23.5 Å². The Balaban J connectivity index is 1.83. The second-order valence-corrected chi connectivity index (χ2v) is 5.34. The number of nitrogens with one attached hydrogen (secondary N) is 2. The van der Waals surface area contributed by atoms with E-state index in [1.54, 1.807) is 13.3 Å². The molecule has 0 aliphatic heterocycles. The molecule has 0 saturated heterocycles. The van der Waals surface area contributed by atoms with Crippen LogP contribution < -0.4 is 20.2 Å². The molecule has 0 aliphatic carbocycles. The van der Waals surface area contributed by atoms with E-state index < -0.39 is 0 Å². The van der Waals surface area contributed by atoms with Gasteiger partial charge >= 0.3 is 0 Å². The van der Waals surface area contributed by atoms with Crippen LogP contribution in [0.25, 0.3) is 0 Å². The molecule has 2 N–H and O–H groups in total. The fraction of sp³-hybridized carbons (Fsp3) is 0.158. The van der Waals surface area contributed by atoms with Gasteiger partial charge in [0, 0.05) is 12.1 Å². The first kappa shape index (κ1) is 18.3. The number of hydrazone groups is 1. The van der Waals surface area contributed by atoms with Crippen LogP contribution in [0, 0.1) is 12.3 Å². The van der Waals surface area contributed by atoms with E-state index in [2.05, 4.69) is 21.8 Å². The van der Waals surface area contributed by atoms with Crippen LogP contribution in [0.2, 0.25) is 0 Å². The third-order valence-corrected chi connectivity index (χ3v) is 3.45. The number of rotatable bonds is 7. The monoisotopic (exact) mass is 353 g/mol. The van der Waals surface area contributed by atoms with Gasteiger partial charge < -0.3 is 14.8 Å². The van der Waals surface area contributed by atoms with Crippen LogP contribution in [0.3, 0.4) is 0 Å². The van der Waals surface area contributed by atoms with E-state index in [1.807, 2.05) is 48.5 Å². The highest BCUT2D eigenvalue weighted by Gasteiger charge is 2.00. The molecule has 0 fully saturated rings. The standard InChI is InChI=1S/C19H19N3O2S/c1-3-12-24-18-7-5-4-6-16(18)14-21-22-19(25)20-13-15-8-10-17(23-2)11-9-15/h1,4-11,14H,12-13H2,2H3,(H2,20,22,25)/b21-14-. The first-order chi connectivity index (χ1) is 12.2. The number of methoxy groups -OCH3 is 1. The van der Waals surface area contributed by atoms with Gasteiger partial charge in [0.1, 0.15) is 18.1 Å². The van der Waals surface area contributed by atoms with Gasteiger partial charge in [-0.15, -0.1) is 6.42 Å². The molecule has 128 valence electrons. The summed E-state index contributed by atoms with van der Waals surface area (Å²) in [7, 11) is 1.64. The van der Waals surface area contributed by atoms with Crippen LogP contribution in [-0.2, 0) is 6.54 Å². The average molecular weight is 353 g/mol. The molecule has 0 amide bonds. The number of nitrogens with zero attached hydrogens (tertiary/aromatic N) is 1. The van der Waals surface area contributed by atoms with Crippen molar-refractivity contribution in [2.45, 2.75) is 6.54 Å². The fourth-order valence-electron chi connectivity index (χ4n) is 1.96. The maximum atomic E-state index is 5.45. The van der Waals surface area contributed by atoms with E-state index in [4.69, 9.17) is 28.1 Å². The summed E-state index contributed by atoms with van der Waals surface area (Å²) in [6, 6.07) is 15.2. The molecule has 0 aromatic heterocycles. The lowest BCUT2D eigenvalue weighted by Crippen LogP contribution is -2.31. The summed E-state index contributed by atoms with van der Waals surface area (Å²) in [5, 5.41) is 7.62. The highest BCUT2D eigenvalue weighted by molar-refractivity contribution is 7.80. The Morgan fingerprint density at radius 1 is 1.24 bits per heavy atom. The molecular weight excluding hydrogens is 334 g/mol. The highest BCUT2D eigenvalue weighted by atomic mass is 32.1. The van der Waals surface area contributed by atoms with E-state index in [9.17, 15) is 0 Å². The zero-order valence-electron chi connectivity index (χ0n) is 13.9. The minimum atomic E-state index is 0.208. The molecule has 0 radical (unpaired) electrons. The lowest BCUT2D eigenvalue weighted by Gasteiger charge is -2.08. The third-order valence-electron chi connectivity index (χ3n) is 3.21. The summed E-state index contributed by atoms with van der Waals surface area (Å²) in [6.07, 6.45) is 6.84. The molecule has 0 heterocycles. The molecule has 0 unspecified atom stereocenters. The Morgan fingerprint density at radius 2 is 2.00 bits per heavy atom. The van der Waals surface area contributed by atoms with E-state index >= 15 is 0 Å². The Bertz CT molecular complexity index is 767. The van der Waals surface area contributed by atoms with Gasteiger partial charge in [0.05, 0.1) is 13.3 Å². The lowest BCUT2D eigenvalue weighted by molar-refractivity contribution is 0.370. The van der Waals surface area contributed by atoms with Crippen LogP contribution in [0.5, 0.6) is 11.5 Å². The van der Waals surface area contributed by atoms with E-state index in [1.165, 1.54) is 0 Å². The van der Waals surface area contributed by atoms with E-state index in [0.29, 0.717) is 17.4 Å². The summed E-state index contributed by atoms with van der Waals surface area (Å²) in [4.78, 5) is 0. The number of terminal acetylenes is 1. The maximum absolute atomic E-state index is 5.45. The molecule has 0 spiro atoms. The summed E-state index contributed by atoms with van der Waals surface area (Å²) in [5.41, 5.74) is 4.67. The number of thiocarbonyl (C=S) groups is 1. The summed E-state index contributed by atoms with van der Waals surface area (Å²) in [5.74, 6) is 3.92. The van der Waals surface area contributed by atoms with Crippen LogP contribution in [0.1, 0.15) is 11.1 Å². The number of para-hydroxylation sites is 1. The predicted octanol–water partition coefficient (Wildman–Crippen LogP) is 2.71. The smallest absolute Gasteiger partial charge is 0.187 e. The van der Waals surface area contributed by atoms with Crippen molar-refractivity contribution in [3.05, 3.63) is 59.7 Å². The van der Waals surface area contributed by atoms with Crippen molar-refractivity contribution in [2.24, 2.45) is 5.10 Å².